The van der Waals surface area contributed by atoms with E-state index in [1.54, 1.807) is 36.1 Å². The smallest absolute Gasteiger partial charge is 0.254 e. The van der Waals surface area contributed by atoms with Gasteiger partial charge in [0.05, 0.1) is 12.1 Å². The van der Waals surface area contributed by atoms with Crippen LogP contribution in [0.3, 0.4) is 0 Å². The Labute approximate surface area is 143 Å². The lowest BCUT2D eigenvalue weighted by Gasteiger charge is -2.14. The lowest BCUT2D eigenvalue weighted by Crippen LogP contribution is -2.36. The van der Waals surface area contributed by atoms with Crippen molar-refractivity contribution >= 4 is 5.91 Å². The molecule has 7 heteroatoms. The maximum atomic E-state index is 14.3. The van der Waals surface area contributed by atoms with E-state index in [1.165, 1.54) is 30.6 Å². The Balaban J connectivity index is 1.71. The molecule has 0 aliphatic carbocycles. The molecule has 0 bridgehead atoms. The fraction of sp³-hybridized carbons (Fsp3) is 0.167. The summed E-state index contributed by atoms with van der Waals surface area (Å²) in [6, 6.07) is 9.81. The third kappa shape index (κ3) is 4.06. The SMILES string of the molecule is C[C@H](Cn1cncn1)NC(=O)c1ccc(-c2ccc(F)cc2)cc1F. The van der Waals surface area contributed by atoms with Gasteiger partial charge >= 0.3 is 0 Å². The van der Waals surface area contributed by atoms with Crippen LogP contribution >= 0.6 is 0 Å². The largest absolute Gasteiger partial charge is 0.348 e. The Morgan fingerprint density at radius 3 is 2.52 bits per heavy atom. The van der Waals surface area contributed by atoms with Gasteiger partial charge in [-0.2, -0.15) is 5.10 Å². The van der Waals surface area contributed by atoms with Gasteiger partial charge in [0.2, 0.25) is 0 Å². The zero-order valence-electron chi connectivity index (χ0n) is 13.5. The first kappa shape index (κ1) is 16.8. The summed E-state index contributed by atoms with van der Waals surface area (Å²) in [6.07, 6.45) is 2.95. The summed E-state index contributed by atoms with van der Waals surface area (Å²) in [4.78, 5) is 16.1. The van der Waals surface area contributed by atoms with Gasteiger partial charge in [-0.1, -0.05) is 18.2 Å². The number of amides is 1. The predicted octanol–water partition coefficient (Wildman–Crippen LogP) is 3.04. The summed E-state index contributed by atoms with van der Waals surface area (Å²) in [5.41, 5.74) is 1.20. The van der Waals surface area contributed by atoms with Crippen LogP contribution in [0.2, 0.25) is 0 Å². The number of carbonyl (C=O) groups excluding carboxylic acids is 1. The van der Waals surface area contributed by atoms with Crippen molar-refractivity contribution in [1.82, 2.24) is 20.1 Å². The summed E-state index contributed by atoms with van der Waals surface area (Å²) < 4.78 is 28.9. The first-order valence-electron chi connectivity index (χ1n) is 7.71. The van der Waals surface area contributed by atoms with Crippen LogP contribution in [0, 0.1) is 11.6 Å². The second-order valence-electron chi connectivity index (χ2n) is 5.69. The number of aromatic nitrogens is 3. The average Bonchev–Trinajstić information content (AvgIpc) is 3.08. The molecule has 0 aliphatic rings. The number of nitrogens with zero attached hydrogens (tertiary/aromatic N) is 3. The van der Waals surface area contributed by atoms with E-state index < -0.39 is 11.7 Å². The zero-order chi connectivity index (χ0) is 17.8. The summed E-state index contributed by atoms with van der Waals surface area (Å²) in [7, 11) is 0. The fourth-order valence-corrected chi connectivity index (χ4v) is 2.48. The molecule has 0 saturated heterocycles. The Bertz CT molecular complexity index is 863. The molecule has 1 atom stereocenters. The quantitative estimate of drug-likeness (QED) is 0.775. The Hall–Kier alpha value is -3.09. The molecule has 1 heterocycles. The monoisotopic (exact) mass is 342 g/mol. The van der Waals surface area contributed by atoms with Crippen LogP contribution in [-0.4, -0.2) is 26.7 Å². The predicted molar refractivity (Wildman–Crippen MR) is 88.7 cm³/mol. The van der Waals surface area contributed by atoms with Crippen LogP contribution in [0.25, 0.3) is 11.1 Å². The lowest BCUT2D eigenvalue weighted by molar-refractivity contribution is 0.0932. The van der Waals surface area contributed by atoms with Gasteiger partial charge in [0.25, 0.3) is 5.91 Å². The normalized spacial score (nSPS) is 12.0. The highest BCUT2D eigenvalue weighted by atomic mass is 19.1. The van der Waals surface area contributed by atoms with Gasteiger partial charge in [-0.3, -0.25) is 9.48 Å². The van der Waals surface area contributed by atoms with Crippen LogP contribution < -0.4 is 5.32 Å². The van der Waals surface area contributed by atoms with E-state index in [2.05, 4.69) is 15.4 Å². The number of hydrogen-bond acceptors (Lipinski definition) is 3. The molecule has 0 fully saturated rings. The molecule has 0 unspecified atom stereocenters. The molecule has 0 spiro atoms. The molecule has 25 heavy (non-hydrogen) atoms. The standard InChI is InChI=1S/C18H16F2N4O/c1-12(9-24-11-21-10-22-24)23-18(25)16-7-4-14(8-17(16)20)13-2-5-15(19)6-3-13/h2-8,10-12H,9H2,1H3,(H,23,25)/t12-/m1/s1. The molecule has 1 N–H and O–H groups in total. The van der Waals surface area contributed by atoms with E-state index in [0.717, 1.165) is 0 Å². The van der Waals surface area contributed by atoms with Crippen molar-refractivity contribution in [1.29, 1.82) is 0 Å². The second kappa shape index (κ2) is 7.21. The molecule has 0 aliphatic heterocycles. The molecule has 2 aromatic carbocycles. The molecule has 0 radical (unpaired) electrons. The zero-order valence-corrected chi connectivity index (χ0v) is 13.5. The van der Waals surface area contributed by atoms with Crippen molar-refractivity contribution in [2.45, 2.75) is 19.5 Å². The summed E-state index contributed by atoms with van der Waals surface area (Å²) in [5.74, 6) is -1.50. The topological polar surface area (TPSA) is 59.8 Å². The van der Waals surface area contributed by atoms with Gasteiger partial charge in [0, 0.05) is 6.04 Å². The molecule has 3 rings (SSSR count). The van der Waals surface area contributed by atoms with E-state index in [4.69, 9.17) is 0 Å². The summed E-state index contributed by atoms with van der Waals surface area (Å²) in [6.45, 7) is 2.23. The molecule has 1 aromatic heterocycles. The van der Waals surface area contributed by atoms with E-state index >= 15 is 0 Å². The van der Waals surface area contributed by atoms with Crippen LogP contribution in [0.1, 0.15) is 17.3 Å². The van der Waals surface area contributed by atoms with Crippen molar-refractivity contribution in [3.63, 3.8) is 0 Å². The fourth-order valence-electron chi connectivity index (χ4n) is 2.48. The van der Waals surface area contributed by atoms with Crippen molar-refractivity contribution < 1.29 is 13.6 Å². The van der Waals surface area contributed by atoms with Crippen molar-refractivity contribution in [2.75, 3.05) is 0 Å². The van der Waals surface area contributed by atoms with Crippen LogP contribution in [0.5, 0.6) is 0 Å². The summed E-state index contributed by atoms with van der Waals surface area (Å²) >= 11 is 0. The minimum absolute atomic E-state index is 0.0451. The average molecular weight is 342 g/mol. The minimum atomic E-state index is -0.632. The van der Waals surface area contributed by atoms with E-state index in [0.29, 0.717) is 17.7 Å². The third-order valence-electron chi connectivity index (χ3n) is 3.70. The first-order valence-corrected chi connectivity index (χ1v) is 7.71. The highest BCUT2D eigenvalue weighted by molar-refractivity contribution is 5.95. The number of carbonyl (C=O) groups is 1. The van der Waals surface area contributed by atoms with Crippen molar-refractivity contribution in [3.8, 4) is 11.1 Å². The molecule has 0 saturated carbocycles. The Morgan fingerprint density at radius 1 is 1.16 bits per heavy atom. The van der Waals surface area contributed by atoms with Gasteiger partial charge < -0.3 is 5.32 Å². The first-order chi connectivity index (χ1) is 12.0. The molecule has 128 valence electrons. The molecular weight excluding hydrogens is 326 g/mol. The van der Waals surface area contributed by atoms with Gasteiger partial charge in [-0.25, -0.2) is 13.8 Å². The summed E-state index contributed by atoms with van der Waals surface area (Å²) in [5, 5.41) is 6.68. The van der Waals surface area contributed by atoms with Gasteiger partial charge in [-0.15, -0.1) is 0 Å². The number of halogens is 2. The van der Waals surface area contributed by atoms with Gasteiger partial charge in [0.1, 0.15) is 24.3 Å². The Kier molecular flexibility index (Phi) is 4.83. The number of nitrogens with one attached hydrogen (secondary N) is 1. The van der Waals surface area contributed by atoms with E-state index in [9.17, 15) is 13.6 Å². The van der Waals surface area contributed by atoms with Crippen molar-refractivity contribution in [2.24, 2.45) is 0 Å². The van der Waals surface area contributed by atoms with E-state index in [-0.39, 0.29) is 17.4 Å². The van der Waals surface area contributed by atoms with Crippen LogP contribution in [-0.2, 0) is 6.54 Å². The number of rotatable bonds is 5. The lowest BCUT2D eigenvalue weighted by atomic mass is 10.0. The number of hydrogen-bond donors (Lipinski definition) is 1. The molecule has 3 aromatic rings. The number of benzene rings is 2. The maximum Gasteiger partial charge on any atom is 0.254 e. The highest BCUT2D eigenvalue weighted by Gasteiger charge is 2.15. The molecular formula is C18H16F2N4O. The third-order valence-corrected chi connectivity index (χ3v) is 3.70. The minimum Gasteiger partial charge on any atom is -0.348 e. The van der Waals surface area contributed by atoms with Crippen LogP contribution in [0.4, 0.5) is 8.78 Å². The maximum absolute atomic E-state index is 14.3. The van der Waals surface area contributed by atoms with Crippen LogP contribution in [0.15, 0.2) is 55.1 Å². The van der Waals surface area contributed by atoms with Gasteiger partial charge in [0.15, 0.2) is 0 Å². The Morgan fingerprint density at radius 2 is 1.88 bits per heavy atom. The van der Waals surface area contributed by atoms with E-state index in [1.807, 2.05) is 0 Å². The second-order valence-corrected chi connectivity index (χ2v) is 5.69. The molecule has 5 nitrogen and oxygen atoms in total. The highest BCUT2D eigenvalue weighted by Crippen LogP contribution is 2.22. The van der Waals surface area contributed by atoms with Crippen molar-refractivity contribution in [3.05, 3.63) is 72.3 Å². The molecule has 1 amide bonds. The van der Waals surface area contributed by atoms with Gasteiger partial charge in [-0.05, 0) is 42.3 Å².